The Bertz CT molecular complexity index is 484. The van der Waals surface area contributed by atoms with Gasteiger partial charge in [0, 0.05) is 11.8 Å². The number of rotatable bonds is 8. The van der Waals surface area contributed by atoms with E-state index in [4.69, 9.17) is 15.6 Å². The summed E-state index contributed by atoms with van der Waals surface area (Å²) in [6, 6.07) is 6.82. The summed E-state index contributed by atoms with van der Waals surface area (Å²) in [7, 11) is 1.61. The first-order valence-electron chi connectivity index (χ1n) is 6.44. The van der Waals surface area contributed by atoms with E-state index in [0.717, 1.165) is 11.3 Å². The van der Waals surface area contributed by atoms with Gasteiger partial charge in [-0.2, -0.15) is 0 Å². The highest BCUT2D eigenvalue weighted by atomic mass is 16.5. The second-order valence-electron chi connectivity index (χ2n) is 4.18. The lowest BCUT2D eigenvalue weighted by Crippen LogP contribution is -2.19. The van der Waals surface area contributed by atoms with Gasteiger partial charge in [-0.3, -0.25) is 4.99 Å². The van der Waals surface area contributed by atoms with Gasteiger partial charge in [0.1, 0.15) is 11.8 Å². The second kappa shape index (κ2) is 8.87. The maximum absolute atomic E-state index is 11.0. The molecule has 108 valence electrons. The van der Waals surface area contributed by atoms with Gasteiger partial charge in [-0.15, -0.1) is 0 Å². The lowest BCUT2D eigenvalue weighted by molar-refractivity contribution is -0.138. The van der Waals surface area contributed by atoms with Crippen LogP contribution in [-0.2, 0) is 4.79 Å². The minimum Gasteiger partial charge on any atom is -0.496 e. The molecule has 0 aliphatic carbocycles. The van der Waals surface area contributed by atoms with E-state index in [2.05, 4.69) is 4.99 Å². The fraction of sp³-hybridized carbons (Fsp3) is 0.333. The van der Waals surface area contributed by atoms with Gasteiger partial charge < -0.3 is 15.6 Å². The van der Waals surface area contributed by atoms with Crippen LogP contribution in [-0.4, -0.2) is 37.0 Å². The van der Waals surface area contributed by atoms with Crippen molar-refractivity contribution in [2.75, 3.05) is 13.7 Å². The largest absolute Gasteiger partial charge is 0.496 e. The molecule has 0 aromatic heterocycles. The smallest absolute Gasteiger partial charge is 0.328 e. The minimum atomic E-state index is -0.930. The summed E-state index contributed by atoms with van der Waals surface area (Å²) in [5.74, 6) is -0.171. The zero-order valence-electron chi connectivity index (χ0n) is 11.5. The van der Waals surface area contributed by atoms with E-state index < -0.39 is 12.0 Å². The molecule has 5 heteroatoms. The van der Waals surface area contributed by atoms with Crippen LogP contribution >= 0.6 is 0 Å². The molecule has 1 rings (SSSR count). The van der Waals surface area contributed by atoms with Gasteiger partial charge in [0.2, 0.25) is 0 Å². The number of benzene rings is 1. The molecule has 20 heavy (non-hydrogen) atoms. The first-order chi connectivity index (χ1) is 9.69. The number of para-hydroxylation sites is 1. The SMILES string of the molecule is COc1ccccc1/C=C/C=NC(CCCN)C(=O)O. The minimum absolute atomic E-state index is 0.449. The predicted molar refractivity (Wildman–Crippen MR) is 80.2 cm³/mol. The Morgan fingerprint density at radius 3 is 2.90 bits per heavy atom. The number of aliphatic carboxylic acids is 1. The summed E-state index contributed by atoms with van der Waals surface area (Å²) >= 11 is 0. The van der Waals surface area contributed by atoms with Gasteiger partial charge >= 0.3 is 5.97 Å². The maximum Gasteiger partial charge on any atom is 0.328 e. The van der Waals surface area contributed by atoms with Crippen molar-refractivity contribution in [1.82, 2.24) is 0 Å². The molecular formula is C15H20N2O3. The molecule has 0 saturated heterocycles. The Morgan fingerprint density at radius 2 is 2.25 bits per heavy atom. The maximum atomic E-state index is 11.0. The normalized spacial score (nSPS) is 12.9. The number of methoxy groups -OCH3 is 1. The number of carboxylic acid groups (broad SMARTS) is 1. The highest BCUT2D eigenvalue weighted by Gasteiger charge is 2.13. The Morgan fingerprint density at radius 1 is 1.50 bits per heavy atom. The van der Waals surface area contributed by atoms with Crippen LogP contribution in [0.4, 0.5) is 0 Å². The molecule has 0 spiro atoms. The number of nitrogens with zero attached hydrogens (tertiary/aromatic N) is 1. The average molecular weight is 276 g/mol. The van der Waals surface area contributed by atoms with Crippen LogP contribution in [0.3, 0.4) is 0 Å². The predicted octanol–water partition coefficient (Wildman–Crippen LogP) is 1.97. The summed E-state index contributed by atoms with van der Waals surface area (Å²) in [5.41, 5.74) is 6.28. The molecule has 1 atom stereocenters. The summed E-state index contributed by atoms with van der Waals surface area (Å²) in [5, 5.41) is 9.00. The fourth-order valence-electron chi connectivity index (χ4n) is 1.68. The van der Waals surface area contributed by atoms with E-state index in [-0.39, 0.29) is 0 Å². The van der Waals surface area contributed by atoms with Crippen LogP contribution in [0.5, 0.6) is 5.75 Å². The van der Waals surface area contributed by atoms with Crippen LogP contribution in [0.1, 0.15) is 18.4 Å². The van der Waals surface area contributed by atoms with Crippen molar-refractivity contribution in [2.24, 2.45) is 10.7 Å². The topological polar surface area (TPSA) is 84.9 Å². The zero-order valence-corrected chi connectivity index (χ0v) is 11.5. The molecule has 0 saturated carbocycles. The van der Waals surface area contributed by atoms with Gasteiger partial charge in [0.25, 0.3) is 0 Å². The van der Waals surface area contributed by atoms with Gasteiger partial charge in [-0.25, -0.2) is 4.79 Å². The lowest BCUT2D eigenvalue weighted by Gasteiger charge is -2.05. The number of nitrogens with two attached hydrogens (primary N) is 1. The third kappa shape index (κ3) is 5.24. The number of hydrogen-bond acceptors (Lipinski definition) is 4. The van der Waals surface area contributed by atoms with Crippen molar-refractivity contribution in [3.63, 3.8) is 0 Å². The molecule has 0 radical (unpaired) electrons. The van der Waals surface area contributed by atoms with Crippen LogP contribution in [0, 0.1) is 0 Å². The monoisotopic (exact) mass is 276 g/mol. The molecule has 0 aliphatic rings. The summed E-state index contributed by atoms with van der Waals surface area (Å²) in [6.45, 7) is 0.469. The second-order valence-corrected chi connectivity index (χ2v) is 4.18. The molecular weight excluding hydrogens is 256 g/mol. The molecule has 0 fully saturated rings. The van der Waals surface area contributed by atoms with Crippen molar-refractivity contribution in [1.29, 1.82) is 0 Å². The molecule has 1 aromatic carbocycles. The highest BCUT2D eigenvalue weighted by molar-refractivity contribution is 5.82. The van der Waals surface area contributed by atoms with Crippen molar-refractivity contribution in [2.45, 2.75) is 18.9 Å². The van der Waals surface area contributed by atoms with Crippen molar-refractivity contribution in [3.8, 4) is 5.75 Å². The first kappa shape index (κ1) is 15.9. The number of ether oxygens (including phenoxy) is 1. The molecule has 0 aliphatic heterocycles. The summed E-state index contributed by atoms with van der Waals surface area (Å²) in [4.78, 5) is 15.0. The zero-order chi connectivity index (χ0) is 14.8. The molecule has 1 aromatic rings. The highest BCUT2D eigenvalue weighted by Crippen LogP contribution is 2.18. The lowest BCUT2D eigenvalue weighted by atomic mass is 10.1. The molecule has 0 heterocycles. The van der Waals surface area contributed by atoms with Crippen molar-refractivity contribution < 1.29 is 14.6 Å². The standard InChI is InChI=1S/C15H20N2O3/c1-20-14-9-3-2-6-12(14)7-5-11-17-13(15(18)19)8-4-10-16/h2-3,5-7,9,11,13H,4,8,10,16H2,1H3,(H,18,19)/b7-5+,17-11?. The summed E-state index contributed by atoms with van der Waals surface area (Å²) < 4.78 is 5.21. The molecule has 0 amide bonds. The van der Waals surface area contributed by atoms with E-state index in [0.29, 0.717) is 19.4 Å². The third-order valence-electron chi connectivity index (χ3n) is 2.73. The van der Waals surface area contributed by atoms with E-state index in [1.165, 1.54) is 6.21 Å². The molecule has 1 unspecified atom stereocenters. The molecule has 5 nitrogen and oxygen atoms in total. The number of carboxylic acids is 1. The van der Waals surface area contributed by atoms with Gasteiger partial charge in [-0.1, -0.05) is 18.2 Å². The van der Waals surface area contributed by atoms with Gasteiger partial charge in [-0.05, 0) is 37.6 Å². The third-order valence-corrected chi connectivity index (χ3v) is 2.73. The Balaban J connectivity index is 2.65. The van der Waals surface area contributed by atoms with Gasteiger partial charge in [0.15, 0.2) is 0 Å². The van der Waals surface area contributed by atoms with Crippen molar-refractivity contribution in [3.05, 3.63) is 35.9 Å². The number of allylic oxidation sites excluding steroid dienone is 1. The average Bonchev–Trinajstić information content (AvgIpc) is 2.46. The Kier molecular flexibility index (Phi) is 7.06. The number of hydrogen-bond donors (Lipinski definition) is 2. The Hall–Kier alpha value is -2.14. The van der Waals surface area contributed by atoms with E-state index in [9.17, 15) is 4.79 Å². The number of carbonyl (C=O) groups is 1. The van der Waals surface area contributed by atoms with Crippen LogP contribution in [0.15, 0.2) is 35.3 Å². The van der Waals surface area contributed by atoms with Crippen LogP contribution in [0.25, 0.3) is 6.08 Å². The summed E-state index contributed by atoms with van der Waals surface area (Å²) in [6.07, 6.45) is 6.12. The van der Waals surface area contributed by atoms with E-state index >= 15 is 0 Å². The Labute approximate surface area is 118 Å². The number of aliphatic imine (C=N–C) groups is 1. The van der Waals surface area contributed by atoms with Crippen molar-refractivity contribution >= 4 is 18.3 Å². The van der Waals surface area contributed by atoms with Crippen LogP contribution < -0.4 is 10.5 Å². The van der Waals surface area contributed by atoms with Crippen LogP contribution in [0.2, 0.25) is 0 Å². The first-order valence-corrected chi connectivity index (χ1v) is 6.44. The molecule has 0 bridgehead atoms. The molecule has 3 N–H and O–H groups in total. The fourth-order valence-corrected chi connectivity index (χ4v) is 1.68. The van der Waals surface area contributed by atoms with E-state index in [1.54, 1.807) is 13.2 Å². The quantitative estimate of drug-likeness (QED) is 0.711. The van der Waals surface area contributed by atoms with E-state index in [1.807, 2.05) is 30.3 Å². The van der Waals surface area contributed by atoms with Gasteiger partial charge in [0.05, 0.1) is 7.11 Å².